The Balaban J connectivity index is 2.40. The van der Waals surface area contributed by atoms with E-state index in [9.17, 15) is 0 Å². The monoisotopic (exact) mass is 259 g/mol. The molecule has 2 aromatic rings. The molecule has 0 saturated heterocycles. The lowest BCUT2D eigenvalue weighted by molar-refractivity contribution is 0.446. The number of hydrogen-bond donors (Lipinski definition) is 1. The first-order valence-electron chi connectivity index (χ1n) is 7.19. The molecule has 0 aliphatic carbocycles. The van der Waals surface area contributed by atoms with E-state index in [4.69, 9.17) is 4.42 Å². The highest BCUT2D eigenvalue weighted by Gasteiger charge is 2.20. The molecule has 1 atom stereocenters. The maximum Gasteiger partial charge on any atom is 0.138 e. The van der Waals surface area contributed by atoms with Gasteiger partial charge in [-0.15, -0.1) is 0 Å². The van der Waals surface area contributed by atoms with Crippen LogP contribution in [0.3, 0.4) is 0 Å². The summed E-state index contributed by atoms with van der Waals surface area (Å²) in [5, 5.41) is 4.68. The normalized spacial score (nSPS) is 13.9. The van der Waals surface area contributed by atoms with Gasteiger partial charge in [0.1, 0.15) is 11.3 Å². The van der Waals surface area contributed by atoms with Gasteiger partial charge < -0.3 is 9.73 Å². The molecular formula is C17H25NO. The van der Waals surface area contributed by atoms with Crippen LogP contribution in [0.5, 0.6) is 0 Å². The third kappa shape index (κ3) is 3.01. The molecule has 0 fully saturated rings. The van der Waals surface area contributed by atoms with Crippen LogP contribution in [0, 0.1) is 0 Å². The fourth-order valence-electron chi connectivity index (χ4n) is 2.35. The molecule has 1 aromatic heterocycles. The van der Waals surface area contributed by atoms with Crippen LogP contribution in [0.2, 0.25) is 0 Å². The molecular weight excluding hydrogens is 234 g/mol. The average molecular weight is 259 g/mol. The number of benzene rings is 1. The maximum absolute atomic E-state index is 6.12. The maximum atomic E-state index is 6.12. The zero-order chi connectivity index (χ0) is 14.0. The van der Waals surface area contributed by atoms with E-state index in [0.717, 1.165) is 24.3 Å². The van der Waals surface area contributed by atoms with Crippen molar-refractivity contribution < 1.29 is 4.42 Å². The summed E-state index contributed by atoms with van der Waals surface area (Å²) in [5.41, 5.74) is 2.42. The Morgan fingerprint density at radius 3 is 2.63 bits per heavy atom. The van der Waals surface area contributed by atoms with E-state index in [2.05, 4.69) is 64.2 Å². The van der Waals surface area contributed by atoms with Gasteiger partial charge in [-0.05, 0) is 31.4 Å². The van der Waals surface area contributed by atoms with Crippen molar-refractivity contribution in [3.05, 3.63) is 35.6 Å². The summed E-state index contributed by atoms with van der Waals surface area (Å²) in [7, 11) is 0. The molecule has 0 amide bonds. The van der Waals surface area contributed by atoms with Crippen LogP contribution in [-0.4, -0.2) is 6.54 Å². The van der Waals surface area contributed by atoms with Gasteiger partial charge in [-0.25, -0.2) is 0 Å². The van der Waals surface area contributed by atoms with Gasteiger partial charge in [-0.1, -0.05) is 45.9 Å². The number of furan rings is 1. The molecule has 2 nitrogen and oxygen atoms in total. The Labute approximate surface area is 116 Å². The van der Waals surface area contributed by atoms with Crippen molar-refractivity contribution in [3.63, 3.8) is 0 Å². The minimum absolute atomic E-state index is 0.106. The molecule has 0 saturated carbocycles. The number of rotatable bonds is 4. The lowest BCUT2D eigenvalue weighted by Crippen LogP contribution is -2.18. The van der Waals surface area contributed by atoms with E-state index in [1.807, 2.05) is 0 Å². The van der Waals surface area contributed by atoms with Crippen molar-refractivity contribution in [1.82, 2.24) is 5.32 Å². The Kier molecular flexibility index (Phi) is 4.00. The Hall–Kier alpha value is -1.28. The summed E-state index contributed by atoms with van der Waals surface area (Å²) < 4.78 is 6.12. The first-order valence-corrected chi connectivity index (χ1v) is 7.19. The van der Waals surface area contributed by atoms with Gasteiger partial charge in [0, 0.05) is 10.9 Å². The van der Waals surface area contributed by atoms with Gasteiger partial charge >= 0.3 is 0 Å². The van der Waals surface area contributed by atoms with Gasteiger partial charge in [0.2, 0.25) is 0 Å². The second-order valence-electron chi connectivity index (χ2n) is 6.30. The van der Waals surface area contributed by atoms with E-state index in [0.29, 0.717) is 0 Å². The molecule has 1 heterocycles. The molecule has 104 valence electrons. The van der Waals surface area contributed by atoms with E-state index < -0.39 is 0 Å². The topological polar surface area (TPSA) is 25.2 Å². The van der Waals surface area contributed by atoms with Gasteiger partial charge in [-0.3, -0.25) is 0 Å². The summed E-state index contributed by atoms with van der Waals surface area (Å²) in [6, 6.07) is 8.84. The highest BCUT2D eigenvalue weighted by molar-refractivity contribution is 5.82. The van der Waals surface area contributed by atoms with Crippen LogP contribution < -0.4 is 5.32 Å². The van der Waals surface area contributed by atoms with Crippen molar-refractivity contribution in [2.24, 2.45) is 0 Å². The molecule has 0 radical (unpaired) electrons. The Morgan fingerprint density at radius 2 is 2.00 bits per heavy atom. The zero-order valence-electron chi connectivity index (χ0n) is 12.7. The lowest BCUT2D eigenvalue weighted by Gasteiger charge is -2.19. The third-order valence-electron chi connectivity index (χ3n) is 3.50. The van der Waals surface area contributed by atoms with Crippen LogP contribution in [0.4, 0.5) is 0 Å². The second kappa shape index (κ2) is 5.38. The first-order chi connectivity index (χ1) is 8.93. The van der Waals surface area contributed by atoms with E-state index >= 15 is 0 Å². The largest absolute Gasteiger partial charge is 0.459 e. The van der Waals surface area contributed by atoms with E-state index in [1.54, 1.807) is 0 Å². The molecule has 2 heteroatoms. The van der Waals surface area contributed by atoms with Crippen LogP contribution in [0.1, 0.15) is 58.4 Å². The number of hydrogen-bond acceptors (Lipinski definition) is 2. The molecule has 1 aromatic carbocycles. The number of para-hydroxylation sites is 1. The fraction of sp³-hybridized carbons (Fsp3) is 0.529. The van der Waals surface area contributed by atoms with Crippen molar-refractivity contribution >= 4 is 11.0 Å². The lowest BCUT2D eigenvalue weighted by atomic mass is 9.86. The highest BCUT2D eigenvalue weighted by Crippen LogP contribution is 2.33. The Bertz CT molecular complexity index is 548. The summed E-state index contributed by atoms with van der Waals surface area (Å²) in [4.78, 5) is 0. The second-order valence-corrected chi connectivity index (χ2v) is 6.30. The van der Waals surface area contributed by atoms with Crippen molar-refractivity contribution in [1.29, 1.82) is 0 Å². The van der Waals surface area contributed by atoms with E-state index in [1.165, 1.54) is 10.9 Å². The van der Waals surface area contributed by atoms with Gasteiger partial charge in [0.15, 0.2) is 0 Å². The highest BCUT2D eigenvalue weighted by atomic mass is 16.3. The third-order valence-corrected chi connectivity index (χ3v) is 3.50. The SMILES string of the molecule is CCCNC(C)c1cc2cccc(C(C)(C)C)c2o1. The van der Waals surface area contributed by atoms with Crippen molar-refractivity contribution in [3.8, 4) is 0 Å². The summed E-state index contributed by atoms with van der Waals surface area (Å²) in [5.74, 6) is 1.03. The standard InChI is InChI=1S/C17H25NO/c1-6-10-18-12(2)15-11-13-8-7-9-14(16(13)19-15)17(3,4)5/h7-9,11-12,18H,6,10H2,1-5H3. The quantitative estimate of drug-likeness (QED) is 0.854. The van der Waals surface area contributed by atoms with Crippen LogP contribution in [-0.2, 0) is 5.41 Å². The molecule has 1 N–H and O–H groups in total. The zero-order valence-corrected chi connectivity index (χ0v) is 12.7. The van der Waals surface area contributed by atoms with Crippen LogP contribution in [0.15, 0.2) is 28.7 Å². The molecule has 0 bridgehead atoms. The van der Waals surface area contributed by atoms with Gasteiger partial charge in [0.05, 0.1) is 6.04 Å². The summed E-state index contributed by atoms with van der Waals surface area (Å²) >= 11 is 0. The predicted molar refractivity (Wildman–Crippen MR) is 81.6 cm³/mol. The van der Waals surface area contributed by atoms with E-state index in [-0.39, 0.29) is 11.5 Å². The summed E-state index contributed by atoms with van der Waals surface area (Å²) in [6.07, 6.45) is 1.14. The van der Waals surface area contributed by atoms with Crippen molar-refractivity contribution in [2.45, 2.75) is 52.5 Å². The van der Waals surface area contributed by atoms with Gasteiger partial charge in [0.25, 0.3) is 0 Å². The fourth-order valence-corrected chi connectivity index (χ4v) is 2.35. The minimum atomic E-state index is 0.106. The first kappa shape index (κ1) is 14.1. The number of nitrogens with one attached hydrogen (secondary N) is 1. The molecule has 0 spiro atoms. The summed E-state index contributed by atoms with van der Waals surface area (Å²) in [6.45, 7) is 12.0. The molecule has 0 aliphatic rings. The average Bonchev–Trinajstić information content (AvgIpc) is 2.78. The molecule has 19 heavy (non-hydrogen) atoms. The molecule has 2 rings (SSSR count). The number of fused-ring (bicyclic) bond motifs is 1. The smallest absolute Gasteiger partial charge is 0.138 e. The molecule has 0 aliphatic heterocycles. The van der Waals surface area contributed by atoms with Gasteiger partial charge in [-0.2, -0.15) is 0 Å². The molecule has 1 unspecified atom stereocenters. The Morgan fingerprint density at radius 1 is 1.26 bits per heavy atom. The van der Waals surface area contributed by atoms with Crippen molar-refractivity contribution in [2.75, 3.05) is 6.54 Å². The predicted octanol–water partition coefficient (Wildman–Crippen LogP) is 4.79. The van der Waals surface area contributed by atoms with Crippen LogP contribution >= 0.6 is 0 Å². The minimum Gasteiger partial charge on any atom is -0.459 e. The van der Waals surface area contributed by atoms with Crippen LogP contribution in [0.25, 0.3) is 11.0 Å².